The third-order valence-corrected chi connectivity index (χ3v) is 2.42. The third-order valence-electron chi connectivity index (χ3n) is 2.42. The number of halogens is 4. The highest BCUT2D eigenvalue weighted by Gasteiger charge is 2.34. The van der Waals surface area contributed by atoms with Crippen molar-refractivity contribution in [3.05, 3.63) is 29.6 Å². The summed E-state index contributed by atoms with van der Waals surface area (Å²) in [6, 6.07) is 1.59. The van der Waals surface area contributed by atoms with Crippen LogP contribution < -0.4 is 5.32 Å². The van der Waals surface area contributed by atoms with E-state index >= 15 is 0 Å². The van der Waals surface area contributed by atoms with E-state index in [1.807, 2.05) is 0 Å². The number of nitrogens with one attached hydrogen (secondary N) is 1. The maximum absolute atomic E-state index is 13.1. The second-order valence-corrected chi connectivity index (χ2v) is 5.59. The molecule has 1 N–H and O–H groups in total. The molecule has 21 heavy (non-hydrogen) atoms. The molecule has 1 aromatic rings. The zero-order valence-corrected chi connectivity index (χ0v) is 12.1. The Balaban J connectivity index is 2.87. The van der Waals surface area contributed by atoms with Crippen molar-refractivity contribution in [3.8, 4) is 0 Å². The molecule has 0 heterocycles. The van der Waals surface area contributed by atoms with Gasteiger partial charge >= 0.3 is 12.1 Å². The van der Waals surface area contributed by atoms with Gasteiger partial charge in [-0.25, -0.2) is 9.18 Å². The van der Waals surface area contributed by atoms with Gasteiger partial charge in [-0.05, 0) is 45.9 Å². The Morgan fingerprint density at radius 3 is 2.29 bits per heavy atom. The number of hydrogen-bond donors (Lipinski definition) is 1. The molecule has 0 fully saturated rings. The molecule has 0 aliphatic heterocycles. The maximum Gasteiger partial charge on any atom is 0.419 e. The molecule has 0 aliphatic carbocycles. The minimum atomic E-state index is -4.79. The molecule has 0 aliphatic rings. The van der Waals surface area contributed by atoms with Gasteiger partial charge in [-0.2, -0.15) is 13.2 Å². The van der Waals surface area contributed by atoms with Crippen LogP contribution in [0.2, 0.25) is 0 Å². The highest BCUT2D eigenvalue weighted by atomic mass is 19.4. The fourth-order valence-electron chi connectivity index (χ4n) is 1.53. The lowest BCUT2D eigenvalue weighted by Gasteiger charge is -2.23. The summed E-state index contributed by atoms with van der Waals surface area (Å²) in [6.07, 6.45) is -4.79. The number of carbonyl (C=O) groups excluding carboxylic acids is 1. The second kappa shape index (κ2) is 5.91. The molecule has 0 radical (unpaired) electrons. The normalized spacial score (nSPS) is 13.7. The van der Waals surface area contributed by atoms with Crippen LogP contribution in [0.25, 0.3) is 0 Å². The summed E-state index contributed by atoms with van der Waals surface area (Å²) < 4.78 is 56.0. The van der Waals surface area contributed by atoms with Crippen molar-refractivity contribution in [1.82, 2.24) is 0 Å². The van der Waals surface area contributed by atoms with Crippen LogP contribution in [0, 0.1) is 5.82 Å². The highest BCUT2D eigenvalue weighted by molar-refractivity contribution is 5.79. The van der Waals surface area contributed by atoms with Crippen molar-refractivity contribution in [2.24, 2.45) is 0 Å². The monoisotopic (exact) mass is 307 g/mol. The van der Waals surface area contributed by atoms with Gasteiger partial charge in [-0.15, -0.1) is 0 Å². The van der Waals surface area contributed by atoms with E-state index in [-0.39, 0.29) is 5.69 Å². The van der Waals surface area contributed by atoms with Crippen LogP contribution in [-0.4, -0.2) is 17.6 Å². The number of benzene rings is 1. The molecule has 1 aromatic carbocycles. The van der Waals surface area contributed by atoms with Crippen molar-refractivity contribution in [1.29, 1.82) is 0 Å². The molecule has 0 saturated heterocycles. The first-order chi connectivity index (χ1) is 9.40. The zero-order valence-electron chi connectivity index (χ0n) is 12.1. The summed E-state index contributed by atoms with van der Waals surface area (Å²) in [4.78, 5) is 11.7. The lowest BCUT2D eigenvalue weighted by molar-refractivity contribution is -0.155. The number of carbonyl (C=O) groups is 1. The number of rotatable bonds is 3. The zero-order chi connectivity index (χ0) is 16.4. The van der Waals surface area contributed by atoms with Crippen molar-refractivity contribution in [2.45, 2.75) is 45.5 Å². The summed E-state index contributed by atoms with van der Waals surface area (Å²) in [6.45, 7) is 6.48. The third kappa shape index (κ3) is 5.24. The summed E-state index contributed by atoms with van der Waals surface area (Å²) in [7, 11) is 0. The SMILES string of the molecule is CC(Nc1ccc(F)c(C(F)(F)F)c1)C(=O)OC(C)(C)C. The predicted molar refractivity (Wildman–Crippen MR) is 70.3 cm³/mol. The Labute approximate surface area is 120 Å². The minimum Gasteiger partial charge on any atom is -0.458 e. The molecule has 0 bridgehead atoms. The van der Waals surface area contributed by atoms with Gasteiger partial charge in [-0.3, -0.25) is 0 Å². The lowest BCUT2D eigenvalue weighted by atomic mass is 10.1. The highest BCUT2D eigenvalue weighted by Crippen LogP contribution is 2.33. The molecular weight excluding hydrogens is 290 g/mol. The van der Waals surface area contributed by atoms with Crippen LogP contribution in [-0.2, 0) is 15.7 Å². The predicted octanol–water partition coefficient (Wildman–Crippen LogP) is 3.99. The Morgan fingerprint density at radius 1 is 1.24 bits per heavy atom. The van der Waals surface area contributed by atoms with Crippen molar-refractivity contribution >= 4 is 11.7 Å². The average Bonchev–Trinajstić information content (AvgIpc) is 2.27. The molecule has 1 unspecified atom stereocenters. The second-order valence-electron chi connectivity index (χ2n) is 5.59. The minimum absolute atomic E-state index is 0.0120. The molecule has 118 valence electrons. The quantitative estimate of drug-likeness (QED) is 0.678. The van der Waals surface area contributed by atoms with Gasteiger partial charge in [0.15, 0.2) is 0 Å². The fraction of sp³-hybridized carbons (Fsp3) is 0.500. The number of hydrogen-bond acceptors (Lipinski definition) is 3. The number of alkyl halides is 3. The molecule has 7 heteroatoms. The van der Waals surface area contributed by atoms with Crippen molar-refractivity contribution in [3.63, 3.8) is 0 Å². The number of esters is 1. The Bertz CT molecular complexity index is 521. The van der Waals surface area contributed by atoms with E-state index in [0.29, 0.717) is 12.1 Å². The van der Waals surface area contributed by atoms with Crippen LogP contribution in [0.5, 0.6) is 0 Å². The first-order valence-corrected chi connectivity index (χ1v) is 6.26. The Hall–Kier alpha value is -1.79. The number of anilines is 1. The fourth-order valence-corrected chi connectivity index (χ4v) is 1.53. The summed E-state index contributed by atoms with van der Waals surface area (Å²) in [5.74, 6) is -1.97. The standard InChI is InChI=1S/C14H17F4NO2/c1-8(12(20)21-13(2,3)4)19-9-5-6-11(15)10(7-9)14(16,17)18/h5-8,19H,1-4H3. The van der Waals surface area contributed by atoms with Crippen molar-refractivity contribution < 1.29 is 27.1 Å². The molecule has 1 rings (SSSR count). The molecule has 0 spiro atoms. The van der Waals surface area contributed by atoms with E-state index in [1.165, 1.54) is 6.92 Å². The molecule has 0 aromatic heterocycles. The molecule has 0 saturated carbocycles. The Morgan fingerprint density at radius 2 is 1.81 bits per heavy atom. The van der Waals surface area contributed by atoms with E-state index in [1.54, 1.807) is 20.8 Å². The number of ether oxygens (including phenoxy) is 1. The van der Waals surface area contributed by atoms with Crippen LogP contribution >= 0.6 is 0 Å². The lowest BCUT2D eigenvalue weighted by Crippen LogP contribution is -2.34. The van der Waals surface area contributed by atoms with Gasteiger partial charge in [0.1, 0.15) is 17.5 Å². The molecule has 0 amide bonds. The van der Waals surface area contributed by atoms with Crippen LogP contribution in [0.15, 0.2) is 18.2 Å². The van der Waals surface area contributed by atoms with Gasteiger partial charge in [-0.1, -0.05) is 0 Å². The van der Waals surface area contributed by atoms with Crippen LogP contribution in [0.4, 0.5) is 23.2 Å². The average molecular weight is 307 g/mol. The first-order valence-electron chi connectivity index (χ1n) is 6.26. The van der Waals surface area contributed by atoms with Gasteiger partial charge in [0, 0.05) is 5.69 Å². The molecular formula is C14H17F4NO2. The van der Waals surface area contributed by atoms with Gasteiger partial charge in [0.05, 0.1) is 5.56 Å². The Kier molecular flexibility index (Phi) is 4.86. The van der Waals surface area contributed by atoms with Gasteiger partial charge in [0.25, 0.3) is 0 Å². The van der Waals surface area contributed by atoms with Crippen molar-refractivity contribution in [2.75, 3.05) is 5.32 Å². The van der Waals surface area contributed by atoms with E-state index in [2.05, 4.69) is 5.32 Å². The van der Waals surface area contributed by atoms with E-state index < -0.39 is 35.2 Å². The smallest absolute Gasteiger partial charge is 0.419 e. The topological polar surface area (TPSA) is 38.3 Å². The summed E-state index contributed by atoms with van der Waals surface area (Å²) in [5.41, 5.74) is -2.10. The first kappa shape index (κ1) is 17.3. The van der Waals surface area contributed by atoms with Crippen LogP contribution in [0.3, 0.4) is 0 Å². The molecule has 1 atom stereocenters. The van der Waals surface area contributed by atoms with E-state index in [9.17, 15) is 22.4 Å². The summed E-state index contributed by atoms with van der Waals surface area (Å²) in [5, 5.41) is 2.56. The van der Waals surface area contributed by atoms with E-state index in [0.717, 1.165) is 6.07 Å². The summed E-state index contributed by atoms with van der Waals surface area (Å²) >= 11 is 0. The van der Waals surface area contributed by atoms with Gasteiger partial charge < -0.3 is 10.1 Å². The van der Waals surface area contributed by atoms with Crippen LogP contribution in [0.1, 0.15) is 33.3 Å². The largest absolute Gasteiger partial charge is 0.458 e. The van der Waals surface area contributed by atoms with E-state index in [4.69, 9.17) is 4.74 Å². The van der Waals surface area contributed by atoms with Gasteiger partial charge in [0.2, 0.25) is 0 Å². The maximum atomic E-state index is 13.1. The molecule has 3 nitrogen and oxygen atoms in total.